The number of phenolic OH excluding ortho intramolecular Hbond substituents is 1. The lowest BCUT2D eigenvalue weighted by Gasteiger charge is -2.12. The van der Waals surface area contributed by atoms with E-state index in [2.05, 4.69) is 12.3 Å². The third-order valence-corrected chi connectivity index (χ3v) is 4.99. The van der Waals surface area contributed by atoms with Crippen LogP contribution in [0.2, 0.25) is 0 Å². The zero-order valence-electron chi connectivity index (χ0n) is 18.9. The van der Waals surface area contributed by atoms with Crippen LogP contribution in [0.5, 0.6) is 5.75 Å². The molecule has 0 saturated heterocycles. The molecule has 35 heavy (non-hydrogen) atoms. The molecule has 0 aliphatic heterocycles. The van der Waals surface area contributed by atoms with Crippen molar-refractivity contribution in [3.8, 4) is 28.0 Å². The number of nitro benzene ring substituents is 3. The molecule has 3 aromatic carbocycles. The molecule has 3 rings (SSSR count). The van der Waals surface area contributed by atoms with Crippen molar-refractivity contribution in [2.75, 3.05) is 6.54 Å². The molecule has 0 atom stereocenters. The standard InChI is InChI=1S/C18H11N3O7.C5H14N2/c22-18-16(20(25)26)13(11-7-3-1-4-8-11)15(19(23)24)14(17(18)21(27)28)12-9-5-2-6-10-12;1-2-3-4-5-7-6/h1-10,22H;7H,2-6H2,1H3. The molecule has 12 nitrogen and oxygen atoms in total. The quantitative estimate of drug-likeness (QED) is 0.161. The van der Waals surface area contributed by atoms with E-state index >= 15 is 0 Å². The second-order valence-electron chi connectivity index (χ2n) is 7.31. The van der Waals surface area contributed by atoms with Crippen molar-refractivity contribution in [1.29, 1.82) is 0 Å². The predicted octanol–water partition coefficient (Wildman–Crippen LogP) is 5.09. The normalized spacial score (nSPS) is 10.2. The van der Waals surface area contributed by atoms with Crippen LogP contribution >= 0.6 is 0 Å². The van der Waals surface area contributed by atoms with Gasteiger partial charge in [0.1, 0.15) is 11.1 Å². The molecular formula is C23H25N5O7. The van der Waals surface area contributed by atoms with Crippen molar-refractivity contribution < 1.29 is 19.9 Å². The van der Waals surface area contributed by atoms with Gasteiger partial charge in [-0.2, -0.15) is 0 Å². The van der Waals surface area contributed by atoms with Gasteiger partial charge in [0.15, 0.2) is 0 Å². The first-order valence-corrected chi connectivity index (χ1v) is 10.7. The number of hydrazine groups is 1. The summed E-state index contributed by atoms with van der Waals surface area (Å²) >= 11 is 0. The Labute approximate surface area is 200 Å². The summed E-state index contributed by atoms with van der Waals surface area (Å²) in [6.45, 7) is 3.13. The van der Waals surface area contributed by atoms with Gasteiger partial charge in [-0.05, 0) is 17.5 Å². The largest absolute Gasteiger partial charge is 0.497 e. The zero-order valence-corrected chi connectivity index (χ0v) is 18.9. The lowest BCUT2D eigenvalue weighted by molar-refractivity contribution is -0.402. The van der Waals surface area contributed by atoms with Gasteiger partial charge < -0.3 is 5.11 Å². The number of hydrogen-bond donors (Lipinski definition) is 3. The van der Waals surface area contributed by atoms with Crippen molar-refractivity contribution in [3.05, 3.63) is 91.0 Å². The average molecular weight is 483 g/mol. The molecule has 0 aliphatic rings. The summed E-state index contributed by atoms with van der Waals surface area (Å²) in [4.78, 5) is 32.1. The van der Waals surface area contributed by atoms with E-state index in [4.69, 9.17) is 5.84 Å². The van der Waals surface area contributed by atoms with Gasteiger partial charge >= 0.3 is 11.4 Å². The minimum atomic E-state index is -1.24. The van der Waals surface area contributed by atoms with Crippen LogP contribution in [-0.2, 0) is 0 Å². The Kier molecular flexibility index (Phi) is 9.75. The van der Waals surface area contributed by atoms with E-state index in [0.29, 0.717) is 0 Å². The molecule has 0 aliphatic carbocycles. The van der Waals surface area contributed by atoms with Crippen LogP contribution in [0.3, 0.4) is 0 Å². The highest BCUT2D eigenvalue weighted by atomic mass is 16.6. The van der Waals surface area contributed by atoms with Crippen molar-refractivity contribution in [2.45, 2.75) is 26.2 Å². The summed E-state index contributed by atoms with van der Waals surface area (Å²) in [5.41, 5.74) is -1.27. The summed E-state index contributed by atoms with van der Waals surface area (Å²) in [6.07, 6.45) is 3.75. The van der Waals surface area contributed by atoms with E-state index in [1.807, 2.05) is 0 Å². The molecule has 0 fully saturated rings. The van der Waals surface area contributed by atoms with Crippen LogP contribution in [0, 0.1) is 30.3 Å². The number of benzene rings is 3. The van der Waals surface area contributed by atoms with Crippen LogP contribution in [0.25, 0.3) is 22.3 Å². The maximum Gasteiger partial charge on any atom is 0.332 e. The Morgan fingerprint density at radius 1 is 0.743 bits per heavy atom. The van der Waals surface area contributed by atoms with E-state index in [0.717, 1.165) is 6.54 Å². The molecule has 0 amide bonds. The van der Waals surface area contributed by atoms with Crippen molar-refractivity contribution >= 4 is 17.1 Å². The molecule has 0 saturated carbocycles. The smallest absolute Gasteiger partial charge is 0.332 e. The Morgan fingerprint density at radius 3 is 1.46 bits per heavy atom. The third-order valence-electron chi connectivity index (χ3n) is 4.99. The maximum absolute atomic E-state index is 11.9. The number of rotatable bonds is 9. The molecule has 0 unspecified atom stereocenters. The predicted molar refractivity (Wildman–Crippen MR) is 131 cm³/mol. The van der Waals surface area contributed by atoms with E-state index in [1.165, 1.54) is 67.8 Å². The number of nitrogens with one attached hydrogen (secondary N) is 1. The Balaban J connectivity index is 0.000000540. The molecule has 0 radical (unpaired) electrons. The van der Waals surface area contributed by atoms with Gasteiger partial charge in [-0.1, -0.05) is 80.4 Å². The highest BCUT2D eigenvalue weighted by Crippen LogP contribution is 2.55. The van der Waals surface area contributed by atoms with Crippen molar-refractivity contribution in [1.82, 2.24) is 5.43 Å². The number of nitro groups is 3. The highest BCUT2D eigenvalue weighted by Gasteiger charge is 2.43. The molecule has 0 bridgehead atoms. The first-order valence-electron chi connectivity index (χ1n) is 10.7. The molecule has 12 heteroatoms. The number of nitrogens with two attached hydrogens (primary N) is 1. The van der Waals surface area contributed by atoms with Crippen LogP contribution in [-0.4, -0.2) is 26.4 Å². The first kappa shape index (κ1) is 26.8. The highest BCUT2D eigenvalue weighted by molar-refractivity contribution is 6.00. The lowest BCUT2D eigenvalue weighted by Crippen LogP contribution is -2.22. The van der Waals surface area contributed by atoms with Gasteiger partial charge in [0.2, 0.25) is 0 Å². The van der Waals surface area contributed by atoms with Gasteiger partial charge in [-0.15, -0.1) is 0 Å². The fraction of sp³-hybridized carbons (Fsp3) is 0.217. The second kappa shape index (κ2) is 12.7. The SMILES string of the molecule is CCCCCNN.O=[N+]([O-])c1c(O)c([N+](=O)[O-])c(-c2ccccc2)c([N+](=O)[O-])c1-c1ccccc1. The van der Waals surface area contributed by atoms with Crippen LogP contribution in [0.4, 0.5) is 17.1 Å². The molecule has 3 aromatic rings. The maximum atomic E-state index is 11.9. The monoisotopic (exact) mass is 483 g/mol. The van der Waals surface area contributed by atoms with Crippen molar-refractivity contribution in [2.24, 2.45) is 5.84 Å². The summed E-state index contributed by atoms with van der Waals surface area (Å²) in [7, 11) is 0. The van der Waals surface area contributed by atoms with Crippen LogP contribution < -0.4 is 11.3 Å². The van der Waals surface area contributed by atoms with E-state index in [9.17, 15) is 35.4 Å². The van der Waals surface area contributed by atoms with E-state index in [-0.39, 0.29) is 11.1 Å². The Morgan fingerprint density at radius 2 is 1.14 bits per heavy atom. The van der Waals surface area contributed by atoms with Crippen LogP contribution in [0.15, 0.2) is 60.7 Å². The number of aromatic hydroxyl groups is 1. The van der Waals surface area contributed by atoms with Gasteiger partial charge in [0.25, 0.3) is 11.4 Å². The molecule has 184 valence electrons. The number of nitrogens with zero attached hydrogens (tertiary/aromatic N) is 3. The second-order valence-corrected chi connectivity index (χ2v) is 7.31. The topological polar surface area (TPSA) is 188 Å². The van der Waals surface area contributed by atoms with E-state index < -0.39 is 48.7 Å². The van der Waals surface area contributed by atoms with Gasteiger partial charge in [0, 0.05) is 6.54 Å². The summed E-state index contributed by atoms with van der Waals surface area (Å²) in [5, 5.41) is 45.6. The third kappa shape index (κ3) is 6.34. The number of hydrogen-bond acceptors (Lipinski definition) is 9. The molecule has 0 spiro atoms. The lowest BCUT2D eigenvalue weighted by atomic mass is 9.92. The minimum Gasteiger partial charge on any atom is -0.497 e. The molecule has 4 N–H and O–H groups in total. The molecule has 0 heterocycles. The van der Waals surface area contributed by atoms with Gasteiger partial charge in [-0.3, -0.25) is 41.6 Å². The van der Waals surface area contributed by atoms with Crippen LogP contribution in [0.1, 0.15) is 26.2 Å². The number of unbranched alkanes of at least 4 members (excludes halogenated alkanes) is 2. The van der Waals surface area contributed by atoms with E-state index in [1.54, 1.807) is 12.1 Å². The fourth-order valence-electron chi connectivity index (χ4n) is 3.47. The summed E-state index contributed by atoms with van der Waals surface area (Å²) in [6, 6.07) is 14.8. The van der Waals surface area contributed by atoms with Gasteiger partial charge in [0.05, 0.1) is 14.8 Å². The molecule has 0 aromatic heterocycles. The van der Waals surface area contributed by atoms with Crippen molar-refractivity contribution in [3.63, 3.8) is 0 Å². The Bertz CT molecular complexity index is 1110. The number of phenols is 1. The zero-order chi connectivity index (χ0) is 26.0. The fourth-order valence-corrected chi connectivity index (χ4v) is 3.47. The average Bonchev–Trinajstić information content (AvgIpc) is 2.84. The Hall–Kier alpha value is -4.42. The summed E-state index contributed by atoms with van der Waals surface area (Å²) < 4.78 is 0. The minimum absolute atomic E-state index is 0.0725. The molecular weight excluding hydrogens is 458 g/mol. The summed E-state index contributed by atoms with van der Waals surface area (Å²) in [5.74, 6) is 3.78. The first-order chi connectivity index (χ1) is 16.8. The van der Waals surface area contributed by atoms with Gasteiger partial charge in [-0.25, -0.2) is 0 Å².